The van der Waals surface area contributed by atoms with Crippen LogP contribution in [0.25, 0.3) is 0 Å². The summed E-state index contributed by atoms with van der Waals surface area (Å²) >= 11 is 6.24. The van der Waals surface area contributed by atoms with Crippen molar-refractivity contribution in [1.82, 2.24) is 0 Å². The van der Waals surface area contributed by atoms with E-state index < -0.39 is 22.5 Å². The Morgan fingerprint density at radius 3 is 2.00 bits per heavy atom. The van der Waals surface area contributed by atoms with Crippen LogP contribution in [-0.4, -0.2) is 26.8 Å². The van der Waals surface area contributed by atoms with E-state index >= 15 is 0 Å². The molecule has 0 radical (unpaired) electrons. The summed E-state index contributed by atoms with van der Waals surface area (Å²) in [4.78, 5) is 24.0. The Morgan fingerprint density at radius 2 is 1.45 bits per heavy atom. The highest BCUT2D eigenvalue weighted by molar-refractivity contribution is 7.92. The molecule has 3 aromatic carbocycles. The summed E-state index contributed by atoms with van der Waals surface area (Å²) in [6, 6.07) is 17.8. The maximum atomic E-state index is 13.4. The van der Waals surface area contributed by atoms with Gasteiger partial charge >= 0.3 is 0 Å². The molecule has 2 amide bonds. The van der Waals surface area contributed by atoms with Crippen molar-refractivity contribution in [2.45, 2.75) is 25.7 Å². The molecule has 7 nitrogen and oxygen atoms in total. The minimum absolute atomic E-state index is 0.0669. The Hall–Kier alpha value is -3.36. The highest BCUT2D eigenvalue weighted by Gasteiger charge is 2.27. The van der Waals surface area contributed by atoms with Crippen molar-refractivity contribution in [2.24, 2.45) is 0 Å². The molecule has 3 rings (SSSR count). The number of nitrogens with zero attached hydrogens (tertiary/aromatic N) is 1. The Kier molecular flexibility index (Phi) is 7.40. The molecule has 0 atom stereocenters. The molecule has 3 aromatic rings. The number of nitrogens with one attached hydrogen (secondary N) is 2. The summed E-state index contributed by atoms with van der Waals surface area (Å²) in [7, 11) is -4.04. The number of aryl methyl sites for hydroxylation is 2. The smallest absolute Gasteiger partial charge is 0.264 e. The van der Waals surface area contributed by atoms with E-state index in [1.54, 1.807) is 48.5 Å². The van der Waals surface area contributed by atoms with E-state index in [0.29, 0.717) is 16.4 Å². The largest absolute Gasteiger partial charge is 0.326 e. The molecule has 0 saturated carbocycles. The van der Waals surface area contributed by atoms with Crippen LogP contribution in [0.1, 0.15) is 18.1 Å². The third-order valence-corrected chi connectivity index (χ3v) is 7.02. The summed E-state index contributed by atoms with van der Waals surface area (Å²) in [6.45, 7) is 4.61. The van der Waals surface area contributed by atoms with Crippen LogP contribution in [0.15, 0.2) is 71.6 Å². The van der Waals surface area contributed by atoms with Gasteiger partial charge in [-0.15, -0.1) is 0 Å². The number of carbonyl (C=O) groups is 2. The lowest BCUT2D eigenvalue weighted by atomic mass is 10.2. The molecule has 0 aromatic heterocycles. The molecule has 0 fully saturated rings. The third kappa shape index (κ3) is 6.12. The summed E-state index contributed by atoms with van der Waals surface area (Å²) in [5.74, 6) is -0.741. The maximum absolute atomic E-state index is 13.4. The van der Waals surface area contributed by atoms with E-state index in [9.17, 15) is 18.0 Å². The van der Waals surface area contributed by atoms with Gasteiger partial charge < -0.3 is 10.6 Å². The average Bonchev–Trinajstić information content (AvgIpc) is 2.75. The van der Waals surface area contributed by atoms with E-state index in [2.05, 4.69) is 10.6 Å². The number of rotatable bonds is 7. The molecule has 2 N–H and O–H groups in total. The lowest BCUT2D eigenvalue weighted by Gasteiger charge is -2.24. The zero-order chi connectivity index (χ0) is 24.2. The second-order valence-corrected chi connectivity index (χ2v) is 9.83. The summed E-state index contributed by atoms with van der Waals surface area (Å²) in [5, 5.41) is 5.72. The van der Waals surface area contributed by atoms with Crippen LogP contribution in [0.3, 0.4) is 0 Å². The van der Waals surface area contributed by atoms with Crippen molar-refractivity contribution in [3.05, 3.63) is 82.9 Å². The number of sulfonamides is 1. The molecular weight excluding hydrogens is 462 g/mol. The number of halogens is 1. The van der Waals surface area contributed by atoms with Gasteiger partial charge in [0.25, 0.3) is 10.0 Å². The van der Waals surface area contributed by atoms with Crippen LogP contribution in [0.4, 0.5) is 17.1 Å². The van der Waals surface area contributed by atoms with Gasteiger partial charge in [0.2, 0.25) is 11.8 Å². The van der Waals surface area contributed by atoms with Crippen molar-refractivity contribution in [2.75, 3.05) is 21.5 Å². The van der Waals surface area contributed by atoms with Gasteiger partial charge in [-0.25, -0.2) is 8.42 Å². The standard InChI is InChI=1S/C24H24ClN3O4S/c1-16-4-12-22(13-5-16)33(31,32)28(21-11-6-17(2)23(25)14-21)15-24(30)27-20-9-7-19(8-10-20)26-18(3)29/h4-14H,15H2,1-3H3,(H,26,29)(H,27,30). The Morgan fingerprint density at radius 1 is 0.879 bits per heavy atom. The van der Waals surface area contributed by atoms with Gasteiger partial charge in [0.05, 0.1) is 10.6 Å². The van der Waals surface area contributed by atoms with Gasteiger partial charge in [-0.05, 0) is 67.9 Å². The number of hydrogen-bond acceptors (Lipinski definition) is 4. The van der Waals surface area contributed by atoms with Crippen LogP contribution in [0.2, 0.25) is 5.02 Å². The summed E-state index contributed by atoms with van der Waals surface area (Å²) in [5.41, 5.74) is 3.03. The normalized spacial score (nSPS) is 11.0. The quantitative estimate of drug-likeness (QED) is 0.504. The first-order chi connectivity index (χ1) is 15.6. The molecule has 0 heterocycles. The fourth-order valence-electron chi connectivity index (χ4n) is 3.06. The highest BCUT2D eigenvalue weighted by atomic mass is 35.5. The molecule has 33 heavy (non-hydrogen) atoms. The SMILES string of the molecule is CC(=O)Nc1ccc(NC(=O)CN(c2ccc(C)c(Cl)c2)S(=O)(=O)c2ccc(C)cc2)cc1. The monoisotopic (exact) mass is 485 g/mol. The predicted octanol–water partition coefficient (Wildman–Crippen LogP) is 4.75. The van der Waals surface area contributed by atoms with Gasteiger partial charge in [-0.3, -0.25) is 13.9 Å². The lowest BCUT2D eigenvalue weighted by molar-refractivity contribution is -0.115. The van der Waals surface area contributed by atoms with Crippen LogP contribution >= 0.6 is 11.6 Å². The first kappa shape index (κ1) is 24.3. The van der Waals surface area contributed by atoms with Gasteiger partial charge in [0, 0.05) is 23.3 Å². The number of amides is 2. The molecule has 0 unspecified atom stereocenters. The average molecular weight is 486 g/mol. The molecule has 0 saturated heterocycles. The van der Waals surface area contributed by atoms with Gasteiger partial charge in [0.1, 0.15) is 6.54 Å². The number of carbonyl (C=O) groups excluding carboxylic acids is 2. The number of benzene rings is 3. The molecule has 0 spiro atoms. The van der Waals surface area contributed by atoms with E-state index in [4.69, 9.17) is 11.6 Å². The van der Waals surface area contributed by atoms with Gasteiger partial charge in [-0.1, -0.05) is 35.4 Å². The minimum Gasteiger partial charge on any atom is -0.326 e. The van der Waals surface area contributed by atoms with Crippen molar-refractivity contribution >= 4 is 50.5 Å². The zero-order valence-corrected chi connectivity index (χ0v) is 20.0. The molecule has 9 heteroatoms. The molecule has 0 aliphatic rings. The molecule has 0 bridgehead atoms. The van der Waals surface area contributed by atoms with Crippen molar-refractivity contribution in [3.8, 4) is 0 Å². The van der Waals surface area contributed by atoms with Gasteiger partial charge in [-0.2, -0.15) is 0 Å². The van der Waals surface area contributed by atoms with Crippen LogP contribution in [0, 0.1) is 13.8 Å². The Labute approximate surface area is 198 Å². The number of hydrogen-bond donors (Lipinski definition) is 2. The third-order valence-electron chi connectivity index (χ3n) is 4.83. The Balaban J connectivity index is 1.89. The summed E-state index contributed by atoms with van der Waals surface area (Å²) < 4.78 is 27.9. The van der Waals surface area contributed by atoms with E-state index in [1.807, 2.05) is 13.8 Å². The molecule has 172 valence electrons. The van der Waals surface area contributed by atoms with Crippen molar-refractivity contribution in [1.29, 1.82) is 0 Å². The van der Waals surface area contributed by atoms with Crippen LogP contribution < -0.4 is 14.9 Å². The van der Waals surface area contributed by atoms with E-state index in [0.717, 1.165) is 15.4 Å². The highest BCUT2D eigenvalue weighted by Crippen LogP contribution is 2.28. The Bertz CT molecular complexity index is 1270. The zero-order valence-electron chi connectivity index (χ0n) is 18.4. The molecule has 0 aliphatic heterocycles. The van der Waals surface area contributed by atoms with E-state index in [1.165, 1.54) is 25.1 Å². The minimum atomic E-state index is -4.04. The van der Waals surface area contributed by atoms with Gasteiger partial charge in [0.15, 0.2) is 0 Å². The van der Waals surface area contributed by atoms with Crippen molar-refractivity contribution < 1.29 is 18.0 Å². The summed E-state index contributed by atoms with van der Waals surface area (Å²) in [6.07, 6.45) is 0. The van der Waals surface area contributed by atoms with Crippen molar-refractivity contribution in [3.63, 3.8) is 0 Å². The first-order valence-corrected chi connectivity index (χ1v) is 11.9. The first-order valence-electron chi connectivity index (χ1n) is 10.1. The topological polar surface area (TPSA) is 95.6 Å². The van der Waals surface area contributed by atoms with E-state index in [-0.39, 0.29) is 16.5 Å². The number of anilines is 3. The maximum Gasteiger partial charge on any atom is 0.264 e. The van der Waals surface area contributed by atoms with Crippen LogP contribution in [-0.2, 0) is 19.6 Å². The second kappa shape index (κ2) is 10.1. The fraction of sp³-hybridized carbons (Fsp3) is 0.167. The predicted molar refractivity (Wildman–Crippen MR) is 131 cm³/mol. The fourth-order valence-corrected chi connectivity index (χ4v) is 4.65. The molecular formula is C24H24ClN3O4S. The molecule has 0 aliphatic carbocycles. The lowest BCUT2D eigenvalue weighted by Crippen LogP contribution is -2.38. The second-order valence-electron chi connectivity index (χ2n) is 7.56. The van der Waals surface area contributed by atoms with Crippen LogP contribution in [0.5, 0.6) is 0 Å².